The Morgan fingerprint density at radius 2 is 1.61 bits per heavy atom. The molecule has 0 N–H and O–H groups in total. The molecule has 0 saturated heterocycles. The molecule has 0 bridgehead atoms. The van der Waals surface area contributed by atoms with Gasteiger partial charge in [-0.15, -0.1) is 10.2 Å². The first-order valence-electron chi connectivity index (χ1n) is 11.8. The zero-order valence-electron chi connectivity index (χ0n) is 20.5. The maximum Gasteiger partial charge on any atom is 0.317 e. The van der Waals surface area contributed by atoms with E-state index in [1.54, 1.807) is 12.1 Å². The van der Waals surface area contributed by atoms with Crippen LogP contribution in [-0.4, -0.2) is 50.7 Å². The third-order valence-corrected chi connectivity index (χ3v) is 6.65. The third kappa shape index (κ3) is 4.27. The number of ether oxygens (including phenoxy) is 6. The second kappa shape index (κ2) is 9.96. The van der Waals surface area contributed by atoms with Gasteiger partial charge in [0.1, 0.15) is 13.2 Å². The lowest BCUT2D eigenvalue weighted by Crippen LogP contribution is -2.35. The van der Waals surface area contributed by atoms with Gasteiger partial charge >= 0.3 is 5.97 Å². The summed E-state index contributed by atoms with van der Waals surface area (Å²) in [6.45, 7) is 0.865. The van der Waals surface area contributed by atoms with Crippen LogP contribution in [-0.2, 0) is 21.6 Å². The summed E-state index contributed by atoms with van der Waals surface area (Å²) in [6, 6.07) is 9.10. The molecule has 190 valence electrons. The summed E-state index contributed by atoms with van der Waals surface area (Å²) in [5.41, 5.74) is 0.714. The highest BCUT2D eigenvalue weighted by atomic mass is 16.6. The van der Waals surface area contributed by atoms with E-state index in [9.17, 15) is 4.79 Å². The summed E-state index contributed by atoms with van der Waals surface area (Å²) < 4.78 is 39.0. The standard InChI is InChI=1S/C26H28N2O8/c1-30-20-12-16(13-21(31-2)23(20)32-3)24-28-27-22(36-24)15-35-25(29)26(8-4-5-9-26)17-6-7-18-19(14-17)34-11-10-33-18/h6-7,12-14H,4-5,8-11,15H2,1-3H3. The van der Waals surface area contributed by atoms with Crippen LogP contribution in [0.2, 0.25) is 0 Å². The van der Waals surface area contributed by atoms with Crippen LogP contribution in [0.1, 0.15) is 37.1 Å². The molecular weight excluding hydrogens is 468 g/mol. The van der Waals surface area contributed by atoms with E-state index in [0.29, 0.717) is 60.4 Å². The molecule has 2 aliphatic rings. The SMILES string of the molecule is COc1cc(-c2nnc(COC(=O)C3(c4ccc5c(c4)OCCO5)CCCC3)o2)cc(OC)c1OC. The van der Waals surface area contributed by atoms with E-state index in [0.717, 1.165) is 18.4 Å². The van der Waals surface area contributed by atoms with E-state index in [1.165, 1.54) is 21.3 Å². The number of fused-ring (bicyclic) bond motifs is 1. The Labute approximate surface area is 208 Å². The molecule has 0 amide bonds. The van der Waals surface area contributed by atoms with Crippen molar-refractivity contribution < 1.29 is 37.6 Å². The fourth-order valence-electron chi connectivity index (χ4n) is 4.83. The number of nitrogens with zero attached hydrogens (tertiary/aromatic N) is 2. The van der Waals surface area contributed by atoms with Gasteiger partial charge in [-0.2, -0.15) is 0 Å². The topological polar surface area (TPSA) is 111 Å². The minimum absolute atomic E-state index is 0.136. The van der Waals surface area contributed by atoms with E-state index in [2.05, 4.69) is 10.2 Å². The smallest absolute Gasteiger partial charge is 0.317 e. The maximum atomic E-state index is 13.4. The number of benzene rings is 2. The van der Waals surface area contributed by atoms with Crippen LogP contribution in [0, 0.1) is 0 Å². The quantitative estimate of drug-likeness (QED) is 0.423. The van der Waals surface area contributed by atoms with Crippen molar-refractivity contribution in [2.24, 2.45) is 0 Å². The molecule has 3 aromatic rings. The van der Waals surface area contributed by atoms with Gasteiger partial charge in [-0.05, 0) is 42.7 Å². The van der Waals surface area contributed by atoms with Crippen LogP contribution in [0.15, 0.2) is 34.7 Å². The Hall–Kier alpha value is -3.95. The molecular formula is C26H28N2O8. The van der Waals surface area contributed by atoms with Crippen molar-refractivity contribution in [3.8, 4) is 40.2 Å². The summed E-state index contributed by atoms with van der Waals surface area (Å²) in [4.78, 5) is 13.4. The van der Waals surface area contributed by atoms with Crippen molar-refractivity contribution >= 4 is 5.97 Å². The molecule has 10 heteroatoms. The van der Waals surface area contributed by atoms with Gasteiger partial charge in [0.05, 0.1) is 26.7 Å². The molecule has 0 unspecified atom stereocenters. The van der Waals surface area contributed by atoms with Crippen LogP contribution in [0.25, 0.3) is 11.5 Å². The zero-order valence-corrected chi connectivity index (χ0v) is 20.5. The Balaban J connectivity index is 1.33. The molecule has 1 aliphatic heterocycles. The fraction of sp³-hybridized carbons (Fsp3) is 0.423. The van der Waals surface area contributed by atoms with E-state index in [1.807, 2.05) is 18.2 Å². The predicted molar refractivity (Wildman–Crippen MR) is 127 cm³/mol. The molecule has 0 spiro atoms. The Bertz CT molecular complexity index is 1220. The van der Waals surface area contributed by atoms with Crippen molar-refractivity contribution in [2.45, 2.75) is 37.7 Å². The molecule has 36 heavy (non-hydrogen) atoms. The maximum absolute atomic E-state index is 13.4. The molecule has 1 saturated carbocycles. The summed E-state index contributed by atoms with van der Waals surface area (Å²) >= 11 is 0. The first kappa shape index (κ1) is 23.8. The van der Waals surface area contributed by atoms with E-state index in [4.69, 9.17) is 32.8 Å². The first-order valence-corrected chi connectivity index (χ1v) is 11.8. The number of hydrogen-bond donors (Lipinski definition) is 0. The number of methoxy groups -OCH3 is 3. The highest BCUT2D eigenvalue weighted by Gasteiger charge is 2.45. The number of carbonyl (C=O) groups excluding carboxylic acids is 1. The molecule has 5 rings (SSSR count). The number of esters is 1. The highest BCUT2D eigenvalue weighted by Crippen LogP contribution is 2.45. The Morgan fingerprint density at radius 1 is 0.917 bits per heavy atom. The van der Waals surface area contributed by atoms with Crippen molar-refractivity contribution in [1.82, 2.24) is 10.2 Å². The third-order valence-electron chi connectivity index (χ3n) is 6.65. The number of aromatic nitrogens is 2. The van der Waals surface area contributed by atoms with Gasteiger partial charge in [0.2, 0.25) is 11.6 Å². The molecule has 2 aromatic carbocycles. The van der Waals surface area contributed by atoms with Crippen LogP contribution < -0.4 is 23.7 Å². The average Bonchev–Trinajstić information content (AvgIpc) is 3.61. The summed E-state index contributed by atoms with van der Waals surface area (Å²) in [5.74, 6) is 2.83. The molecule has 0 atom stereocenters. The minimum Gasteiger partial charge on any atom is -0.493 e. The molecule has 10 nitrogen and oxygen atoms in total. The molecule has 1 aliphatic carbocycles. The summed E-state index contributed by atoms with van der Waals surface area (Å²) in [6.07, 6.45) is 3.28. The minimum atomic E-state index is -0.741. The monoisotopic (exact) mass is 496 g/mol. The van der Waals surface area contributed by atoms with E-state index < -0.39 is 5.41 Å². The first-order chi connectivity index (χ1) is 17.6. The molecule has 2 heterocycles. The van der Waals surface area contributed by atoms with Crippen LogP contribution >= 0.6 is 0 Å². The second-order valence-corrected chi connectivity index (χ2v) is 8.64. The Morgan fingerprint density at radius 3 is 2.28 bits per heavy atom. The van der Waals surface area contributed by atoms with Gasteiger partial charge in [0.25, 0.3) is 5.89 Å². The molecule has 0 radical (unpaired) electrons. The molecule has 1 aromatic heterocycles. The molecule has 1 fully saturated rings. The van der Waals surface area contributed by atoms with Gasteiger partial charge < -0.3 is 32.8 Å². The lowest BCUT2D eigenvalue weighted by molar-refractivity contribution is -0.152. The van der Waals surface area contributed by atoms with Crippen LogP contribution in [0.5, 0.6) is 28.7 Å². The lowest BCUT2D eigenvalue weighted by Gasteiger charge is -2.28. The fourth-order valence-corrected chi connectivity index (χ4v) is 4.83. The van der Waals surface area contributed by atoms with Crippen molar-refractivity contribution in [3.05, 3.63) is 41.8 Å². The largest absolute Gasteiger partial charge is 0.493 e. The van der Waals surface area contributed by atoms with Gasteiger partial charge in [0, 0.05) is 5.56 Å². The summed E-state index contributed by atoms with van der Waals surface area (Å²) in [7, 11) is 4.59. The van der Waals surface area contributed by atoms with Crippen LogP contribution in [0.3, 0.4) is 0 Å². The summed E-state index contributed by atoms with van der Waals surface area (Å²) in [5, 5.41) is 8.16. The second-order valence-electron chi connectivity index (χ2n) is 8.64. The number of hydrogen-bond acceptors (Lipinski definition) is 10. The number of carbonyl (C=O) groups is 1. The van der Waals surface area contributed by atoms with Gasteiger partial charge in [0.15, 0.2) is 29.6 Å². The highest BCUT2D eigenvalue weighted by molar-refractivity contribution is 5.84. The lowest BCUT2D eigenvalue weighted by atomic mass is 9.78. The zero-order chi connectivity index (χ0) is 25.1. The average molecular weight is 497 g/mol. The van der Waals surface area contributed by atoms with E-state index in [-0.39, 0.29) is 24.4 Å². The Kier molecular flexibility index (Phi) is 6.58. The van der Waals surface area contributed by atoms with Gasteiger partial charge in [-0.25, -0.2) is 0 Å². The predicted octanol–water partition coefficient (Wildman–Crippen LogP) is 4.09. The van der Waals surface area contributed by atoms with Gasteiger partial charge in [-0.1, -0.05) is 18.9 Å². The normalized spacial score (nSPS) is 15.9. The van der Waals surface area contributed by atoms with Gasteiger partial charge in [-0.3, -0.25) is 4.79 Å². The van der Waals surface area contributed by atoms with Crippen molar-refractivity contribution in [2.75, 3.05) is 34.5 Å². The van der Waals surface area contributed by atoms with Crippen LogP contribution in [0.4, 0.5) is 0 Å². The van der Waals surface area contributed by atoms with E-state index >= 15 is 0 Å². The van der Waals surface area contributed by atoms with Crippen molar-refractivity contribution in [1.29, 1.82) is 0 Å². The number of rotatable bonds is 8. The van der Waals surface area contributed by atoms with Crippen molar-refractivity contribution in [3.63, 3.8) is 0 Å².